The van der Waals surface area contributed by atoms with Gasteiger partial charge in [0.05, 0.1) is 7.11 Å². The standard InChI is InChI=1S/C10H17N3O6S.C10H13NO3/c11-5(10(18)19)1-2-7(14)13-6(4-20)9(17)12-3-8(15)16;1-14-8-4-2-7(3-5-8)6-9(11)10(12)13/h5-6,20H,1-4,11H2,(H,12,17)(H,13,14)(H,15,16)(H,18,19);2-5,9H,6,11H2,1H3,(H,12,13)/t5-,6-;9-/m00/s1. The molecule has 0 saturated heterocycles. The predicted octanol–water partition coefficient (Wildman–Crippen LogP) is -1.56. The summed E-state index contributed by atoms with van der Waals surface area (Å²) in [6.45, 7) is -0.567. The molecule has 0 radical (unpaired) electrons. The topological polar surface area (TPSA) is 231 Å². The lowest BCUT2D eigenvalue weighted by Crippen LogP contribution is -2.49. The summed E-state index contributed by atoms with van der Waals surface area (Å²) in [5.74, 6) is -3.94. The summed E-state index contributed by atoms with van der Waals surface area (Å²) in [6, 6.07) is 4.18. The molecule has 34 heavy (non-hydrogen) atoms. The van der Waals surface area contributed by atoms with Gasteiger partial charge < -0.3 is 42.2 Å². The Bertz CT molecular complexity index is 836. The molecule has 0 saturated carbocycles. The number of ether oxygens (including phenoxy) is 1. The lowest BCUT2D eigenvalue weighted by Gasteiger charge is -2.16. The molecule has 2 amide bonds. The van der Waals surface area contributed by atoms with Crippen LogP contribution in [0.2, 0.25) is 0 Å². The summed E-state index contributed by atoms with van der Waals surface area (Å²) < 4.78 is 4.97. The highest BCUT2D eigenvalue weighted by molar-refractivity contribution is 7.80. The van der Waals surface area contributed by atoms with Crippen LogP contribution < -0.4 is 26.8 Å². The highest BCUT2D eigenvalue weighted by Gasteiger charge is 2.21. The van der Waals surface area contributed by atoms with E-state index < -0.39 is 54.4 Å². The molecule has 0 aliphatic rings. The number of nitrogens with one attached hydrogen (secondary N) is 2. The number of hydrogen-bond acceptors (Lipinski definition) is 9. The third-order valence-electron chi connectivity index (χ3n) is 4.18. The van der Waals surface area contributed by atoms with Gasteiger partial charge in [0, 0.05) is 12.2 Å². The highest BCUT2D eigenvalue weighted by Crippen LogP contribution is 2.12. The van der Waals surface area contributed by atoms with Crippen LogP contribution in [0.5, 0.6) is 5.75 Å². The zero-order valence-corrected chi connectivity index (χ0v) is 19.4. The van der Waals surface area contributed by atoms with Crippen LogP contribution >= 0.6 is 12.6 Å². The number of carboxylic acids is 3. The first-order valence-corrected chi connectivity index (χ1v) is 10.5. The number of carbonyl (C=O) groups excluding carboxylic acids is 2. The largest absolute Gasteiger partial charge is 0.497 e. The van der Waals surface area contributed by atoms with Crippen LogP contribution in [0.1, 0.15) is 18.4 Å². The van der Waals surface area contributed by atoms with Crippen molar-refractivity contribution in [2.75, 3.05) is 19.4 Å². The normalized spacial score (nSPS) is 12.7. The van der Waals surface area contributed by atoms with Gasteiger partial charge in [0.25, 0.3) is 0 Å². The number of aliphatic carboxylic acids is 3. The van der Waals surface area contributed by atoms with Crippen LogP contribution in [0.3, 0.4) is 0 Å². The molecule has 0 heterocycles. The molecule has 0 aromatic heterocycles. The van der Waals surface area contributed by atoms with Gasteiger partial charge in [-0.1, -0.05) is 12.1 Å². The molecule has 9 N–H and O–H groups in total. The van der Waals surface area contributed by atoms with E-state index in [1.54, 1.807) is 19.2 Å². The fraction of sp³-hybridized carbons (Fsp3) is 0.450. The van der Waals surface area contributed by atoms with E-state index in [0.29, 0.717) is 6.42 Å². The van der Waals surface area contributed by atoms with Crippen molar-refractivity contribution in [2.45, 2.75) is 37.4 Å². The first-order chi connectivity index (χ1) is 15.9. The molecule has 0 fully saturated rings. The van der Waals surface area contributed by atoms with Crippen LogP contribution in [0, 0.1) is 0 Å². The number of rotatable bonds is 13. The third-order valence-corrected chi connectivity index (χ3v) is 4.54. The van der Waals surface area contributed by atoms with Crippen molar-refractivity contribution in [1.29, 1.82) is 0 Å². The Morgan fingerprint density at radius 3 is 2.00 bits per heavy atom. The number of amides is 2. The molecule has 13 nitrogen and oxygen atoms in total. The summed E-state index contributed by atoms with van der Waals surface area (Å²) >= 11 is 3.87. The molecule has 0 aliphatic carbocycles. The van der Waals surface area contributed by atoms with Crippen LogP contribution in [0.15, 0.2) is 24.3 Å². The molecule has 14 heteroatoms. The second-order valence-electron chi connectivity index (χ2n) is 6.89. The molecule has 190 valence electrons. The quantitative estimate of drug-likeness (QED) is 0.144. The summed E-state index contributed by atoms with van der Waals surface area (Å²) in [7, 11) is 1.58. The second-order valence-corrected chi connectivity index (χ2v) is 7.26. The molecule has 3 atom stereocenters. The van der Waals surface area contributed by atoms with Gasteiger partial charge in [-0.2, -0.15) is 12.6 Å². The average molecular weight is 503 g/mol. The number of benzene rings is 1. The van der Waals surface area contributed by atoms with E-state index in [2.05, 4.69) is 23.3 Å². The molecular weight excluding hydrogens is 472 g/mol. The summed E-state index contributed by atoms with van der Waals surface area (Å²) in [4.78, 5) is 54.2. The molecule has 1 rings (SSSR count). The SMILES string of the molecule is COc1ccc(C[C@H](N)C(=O)O)cc1.N[C@@H](CCC(=O)N[C@@H](CS)C(=O)NCC(=O)O)C(=O)O. The van der Waals surface area contributed by atoms with Gasteiger partial charge in [-0.15, -0.1) is 0 Å². The van der Waals surface area contributed by atoms with Crippen molar-refractivity contribution in [2.24, 2.45) is 11.5 Å². The van der Waals surface area contributed by atoms with Gasteiger partial charge >= 0.3 is 17.9 Å². The van der Waals surface area contributed by atoms with Crippen molar-refractivity contribution >= 4 is 42.4 Å². The van der Waals surface area contributed by atoms with Gasteiger partial charge in [-0.05, 0) is 30.5 Å². The Kier molecular flexibility index (Phi) is 14.7. The van der Waals surface area contributed by atoms with E-state index in [4.69, 9.17) is 31.5 Å². The van der Waals surface area contributed by atoms with Gasteiger partial charge in [0.15, 0.2) is 0 Å². The summed E-state index contributed by atoms with van der Waals surface area (Å²) in [5, 5.41) is 30.0. The van der Waals surface area contributed by atoms with E-state index in [0.717, 1.165) is 11.3 Å². The van der Waals surface area contributed by atoms with Gasteiger partial charge in [-0.25, -0.2) is 0 Å². The Morgan fingerprint density at radius 2 is 1.56 bits per heavy atom. The van der Waals surface area contributed by atoms with Crippen molar-refractivity contribution in [3.05, 3.63) is 29.8 Å². The molecule has 0 bridgehead atoms. The maximum Gasteiger partial charge on any atom is 0.322 e. The van der Waals surface area contributed by atoms with Crippen molar-refractivity contribution in [3.8, 4) is 5.75 Å². The minimum absolute atomic E-state index is 0.0256. The Morgan fingerprint density at radius 1 is 1.00 bits per heavy atom. The number of thiol groups is 1. The molecule has 0 unspecified atom stereocenters. The maximum atomic E-state index is 11.5. The number of carbonyl (C=O) groups is 5. The second kappa shape index (κ2) is 16.3. The number of carboxylic acid groups (broad SMARTS) is 3. The molecular formula is C20H30N4O9S. The molecule has 0 aliphatic heterocycles. The predicted molar refractivity (Wildman–Crippen MR) is 124 cm³/mol. The number of nitrogens with two attached hydrogens (primary N) is 2. The third kappa shape index (κ3) is 13.2. The van der Waals surface area contributed by atoms with E-state index >= 15 is 0 Å². The molecule has 1 aromatic rings. The lowest BCUT2D eigenvalue weighted by molar-refractivity contribution is -0.139. The Hall–Kier alpha value is -3.36. The Labute approximate surface area is 201 Å². The molecule has 0 spiro atoms. The first-order valence-electron chi connectivity index (χ1n) is 9.90. The van der Waals surface area contributed by atoms with Crippen molar-refractivity contribution in [3.63, 3.8) is 0 Å². The van der Waals surface area contributed by atoms with Crippen molar-refractivity contribution < 1.29 is 44.0 Å². The summed E-state index contributed by atoms with van der Waals surface area (Å²) in [6.07, 6.45) is 0.0977. The number of methoxy groups -OCH3 is 1. The zero-order chi connectivity index (χ0) is 26.3. The van der Waals surface area contributed by atoms with Gasteiger partial charge in [0.1, 0.15) is 30.4 Å². The zero-order valence-electron chi connectivity index (χ0n) is 18.5. The fourth-order valence-corrected chi connectivity index (χ4v) is 2.52. The average Bonchev–Trinajstić information content (AvgIpc) is 2.79. The first kappa shape index (κ1) is 30.6. The van der Waals surface area contributed by atoms with Crippen LogP contribution in [-0.2, 0) is 30.4 Å². The highest BCUT2D eigenvalue weighted by atomic mass is 32.1. The minimum atomic E-state index is -1.22. The van der Waals surface area contributed by atoms with E-state index in [-0.39, 0.29) is 18.6 Å². The fourth-order valence-electron chi connectivity index (χ4n) is 2.26. The monoisotopic (exact) mass is 502 g/mol. The smallest absolute Gasteiger partial charge is 0.322 e. The number of hydrogen-bond donors (Lipinski definition) is 8. The minimum Gasteiger partial charge on any atom is -0.497 e. The van der Waals surface area contributed by atoms with Crippen LogP contribution in [-0.4, -0.2) is 82.6 Å². The van der Waals surface area contributed by atoms with Crippen LogP contribution in [0.4, 0.5) is 0 Å². The van der Waals surface area contributed by atoms with Gasteiger partial charge in [-0.3, -0.25) is 24.0 Å². The van der Waals surface area contributed by atoms with E-state index in [9.17, 15) is 24.0 Å². The van der Waals surface area contributed by atoms with Crippen LogP contribution in [0.25, 0.3) is 0 Å². The summed E-state index contributed by atoms with van der Waals surface area (Å²) in [5.41, 5.74) is 11.5. The van der Waals surface area contributed by atoms with Gasteiger partial charge in [0.2, 0.25) is 11.8 Å². The van der Waals surface area contributed by atoms with Crippen molar-refractivity contribution in [1.82, 2.24) is 10.6 Å². The maximum absolute atomic E-state index is 11.5. The molecule has 1 aromatic carbocycles. The van der Waals surface area contributed by atoms with E-state index in [1.807, 2.05) is 12.1 Å². The van der Waals surface area contributed by atoms with E-state index in [1.165, 1.54) is 0 Å². The Balaban J connectivity index is 0.000000679. The lowest BCUT2D eigenvalue weighted by atomic mass is 10.1.